The van der Waals surface area contributed by atoms with Gasteiger partial charge in [0.25, 0.3) is 5.91 Å². The van der Waals surface area contributed by atoms with E-state index in [9.17, 15) is 9.59 Å². The first-order valence-electron chi connectivity index (χ1n) is 10.1. The van der Waals surface area contributed by atoms with Gasteiger partial charge in [-0.2, -0.15) is 0 Å². The standard InChI is InChI=1S/C22H21N3O4S2/c26-20(14-30-22-23-15-5-1-4-8-19(15)31-22)24-9-11-25(12-10-24)21(27)18-13-28-16-6-2-3-7-17(16)29-18/h1-8,18H,9-14H2/t18-/m1/s1. The average Bonchev–Trinajstić information content (AvgIpc) is 3.25. The zero-order valence-electron chi connectivity index (χ0n) is 16.7. The lowest BCUT2D eigenvalue weighted by Gasteiger charge is -2.37. The number of thiazole rings is 1. The van der Waals surface area contributed by atoms with E-state index in [4.69, 9.17) is 9.47 Å². The molecule has 160 valence electrons. The molecule has 7 nitrogen and oxygen atoms in total. The van der Waals surface area contributed by atoms with Crippen LogP contribution in [0.5, 0.6) is 11.5 Å². The number of rotatable bonds is 4. The van der Waals surface area contributed by atoms with Crippen LogP contribution in [0.25, 0.3) is 10.2 Å². The number of carbonyl (C=O) groups is 2. The molecule has 1 aromatic heterocycles. The van der Waals surface area contributed by atoms with E-state index in [-0.39, 0.29) is 18.4 Å². The van der Waals surface area contributed by atoms with Gasteiger partial charge < -0.3 is 19.3 Å². The van der Waals surface area contributed by atoms with Gasteiger partial charge >= 0.3 is 0 Å². The van der Waals surface area contributed by atoms with Crippen molar-refractivity contribution in [3.63, 3.8) is 0 Å². The second kappa shape index (κ2) is 8.76. The molecule has 3 heterocycles. The predicted molar refractivity (Wildman–Crippen MR) is 120 cm³/mol. The van der Waals surface area contributed by atoms with Crippen LogP contribution in [0.2, 0.25) is 0 Å². The number of thioether (sulfide) groups is 1. The maximum Gasteiger partial charge on any atom is 0.267 e. The minimum atomic E-state index is -0.647. The molecule has 3 aromatic rings. The van der Waals surface area contributed by atoms with E-state index >= 15 is 0 Å². The Labute approximate surface area is 187 Å². The zero-order chi connectivity index (χ0) is 21.2. The molecular weight excluding hydrogens is 434 g/mol. The maximum atomic E-state index is 12.8. The largest absolute Gasteiger partial charge is 0.485 e. The number of hydrogen-bond acceptors (Lipinski definition) is 7. The van der Waals surface area contributed by atoms with Gasteiger partial charge in [0.05, 0.1) is 16.0 Å². The maximum absolute atomic E-state index is 12.8. The summed E-state index contributed by atoms with van der Waals surface area (Å²) in [7, 11) is 0. The van der Waals surface area contributed by atoms with Crippen molar-refractivity contribution >= 4 is 45.1 Å². The molecule has 0 radical (unpaired) electrons. The molecule has 0 aliphatic carbocycles. The summed E-state index contributed by atoms with van der Waals surface area (Å²) < 4.78 is 13.5. The lowest BCUT2D eigenvalue weighted by atomic mass is 10.2. The van der Waals surface area contributed by atoms with E-state index in [2.05, 4.69) is 4.98 Å². The lowest BCUT2D eigenvalue weighted by Crippen LogP contribution is -2.55. The first kappa shape index (κ1) is 20.1. The van der Waals surface area contributed by atoms with Crippen molar-refractivity contribution in [2.45, 2.75) is 10.4 Å². The molecule has 5 rings (SSSR count). The molecule has 31 heavy (non-hydrogen) atoms. The highest BCUT2D eigenvalue weighted by Crippen LogP contribution is 2.32. The van der Waals surface area contributed by atoms with Crippen molar-refractivity contribution in [1.29, 1.82) is 0 Å². The number of amides is 2. The molecule has 0 spiro atoms. The van der Waals surface area contributed by atoms with Crippen molar-refractivity contribution in [2.24, 2.45) is 0 Å². The monoisotopic (exact) mass is 455 g/mol. The molecule has 0 unspecified atom stereocenters. The highest BCUT2D eigenvalue weighted by Gasteiger charge is 2.33. The highest BCUT2D eigenvalue weighted by atomic mass is 32.2. The number of aromatic nitrogens is 1. The number of para-hydroxylation sites is 3. The fourth-order valence-corrected chi connectivity index (χ4v) is 5.62. The summed E-state index contributed by atoms with van der Waals surface area (Å²) in [6.45, 7) is 2.24. The topological polar surface area (TPSA) is 72.0 Å². The molecule has 1 atom stereocenters. The van der Waals surface area contributed by atoms with Gasteiger partial charge in [0.2, 0.25) is 12.0 Å². The Morgan fingerprint density at radius 1 is 1.00 bits per heavy atom. The number of fused-ring (bicyclic) bond motifs is 2. The predicted octanol–water partition coefficient (Wildman–Crippen LogP) is 2.90. The number of carbonyl (C=O) groups excluding carboxylic acids is 2. The second-order valence-corrected chi connectivity index (χ2v) is 9.56. The third kappa shape index (κ3) is 4.33. The van der Waals surface area contributed by atoms with Gasteiger partial charge in [0.15, 0.2) is 15.8 Å². The Morgan fingerprint density at radius 3 is 2.52 bits per heavy atom. The molecule has 1 saturated heterocycles. The number of ether oxygens (including phenoxy) is 2. The first-order chi connectivity index (χ1) is 15.2. The first-order valence-corrected chi connectivity index (χ1v) is 11.9. The molecule has 0 N–H and O–H groups in total. The quantitative estimate of drug-likeness (QED) is 0.564. The summed E-state index contributed by atoms with van der Waals surface area (Å²) in [6, 6.07) is 15.3. The fraction of sp³-hybridized carbons (Fsp3) is 0.318. The van der Waals surface area contributed by atoms with E-state index in [0.29, 0.717) is 43.4 Å². The van der Waals surface area contributed by atoms with Gasteiger partial charge in [-0.1, -0.05) is 36.0 Å². The summed E-state index contributed by atoms with van der Waals surface area (Å²) in [5.41, 5.74) is 0.964. The summed E-state index contributed by atoms with van der Waals surface area (Å²) in [4.78, 5) is 33.6. The van der Waals surface area contributed by atoms with Crippen LogP contribution in [-0.2, 0) is 9.59 Å². The molecule has 2 aliphatic heterocycles. The summed E-state index contributed by atoms with van der Waals surface area (Å²) >= 11 is 3.07. The van der Waals surface area contributed by atoms with Crippen molar-refractivity contribution in [2.75, 3.05) is 38.5 Å². The molecule has 9 heteroatoms. The highest BCUT2D eigenvalue weighted by molar-refractivity contribution is 8.01. The van der Waals surface area contributed by atoms with Crippen LogP contribution in [0, 0.1) is 0 Å². The molecule has 2 amide bonds. The van der Waals surface area contributed by atoms with Crippen LogP contribution >= 0.6 is 23.1 Å². The summed E-state index contributed by atoms with van der Waals surface area (Å²) in [5.74, 6) is 1.58. The Balaban J connectivity index is 1.11. The van der Waals surface area contributed by atoms with Crippen molar-refractivity contribution < 1.29 is 19.1 Å². The number of hydrogen-bond donors (Lipinski definition) is 0. The number of nitrogens with zero attached hydrogens (tertiary/aromatic N) is 3. The van der Waals surface area contributed by atoms with E-state index in [1.807, 2.05) is 47.4 Å². The smallest absolute Gasteiger partial charge is 0.267 e. The van der Waals surface area contributed by atoms with E-state index in [1.54, 1.807) is 22.3 Å². The Bertz CT molecular complexity index is 1080. The van der Waals surface area contributed by atoms with Gasteiger partial charge in [0.1, 0.15) is 6.61 Å². The number of benzene rings is 2. The average molecular weight is 456 g/mol. The third-order valence-corrected chi connectivity index (χ3v) is 7.49. The molecule has 0 saturated carbocycles. The zero-order valence-corrected chi connectivity index (χ0v) is 18.4. The normalized spacial score (nSPS) is 18.3. The van der Waals surface area contributed by atoms with E-state index in [0.717, 1.165) is 14.6 Å². The minimum absolute atomic E-state index is 0.0718. The second-order valence-electron chi connectivity index (χ2n) is 7.31. The van der Waals surface area contributed by atoms with Crippen LogP contribution in [0.4, 0.5) is 0 Å². The van der Waals surface area contributed by atoms with Gasteiger partial charge in [0, 0.05) is 26.2 Å². The van der Waals surface area contributed by atoms with Gasteiger partial charge in [-0.25, -0.2) is 4.98 Å². The van der Waals surface area contributed by atoms with E-state index < -0.39 is 6.10 Å². The molecular formula is C22H21N3O4S2. The molecule has 1 fully saturated rings. The Kier molecular flexibility index (Phi) is 5.69. The van der Waals surface area contributed by atoms with Crippen LogP contribution in [0.3, 0.4) is 0 Å². The lowest BCUT2D eigenvalue weighted by molar-refractivity contribution is -0.145. The Morgan fingerprint density at radius 2 is 1.71 bits per heavy atom. The Hall–Kier alpha value is -2.78. The van der Waals surface area contributed by atoms with Crippen LogP contribution < -0.4 is 9.47 Å². The van der Waals surface area contributed by atoms with Crippen molar-refractivity contribution in [3.8, 4) is 11.5 Å². The summed E-state index contributed by atoms with van der Waals surface area (Å²) in [5, 5.41) is 0. The van der Waals surface area contributed by atoms with Crippen LogP contribution in [-0.4, -0.2) is 71.2 Å². The SMILES string of the molecule is O=C(CSc1nc2ccccc2s1)N1CCN(C(=O)[C@H]2COc3ccccc3O2)CC1. The van der Waals surface area contributed by atoms with Crippen molar-refractivity contribution in [3.05, 3.63) is 48.5 Å². The van der Waals surface area contributed by atoms with Gasteiger partial charge in [-0.15, -0.1) is 11.3 Å². The van der Waals surface area contributed by atoms with Crippen molar-refractivity contribution in [1.82, 2.24) is 14.8 Å². The fourth-order valence-electron chi connectivity index (χ4n) is 3.65. The van der Waals surface area contributed by atoms with Crippen LogP contribution in [0.1, 0.15) is 0 Å². The van der Waals surface area contributed by atoms with Gasteiger partial charge in [-0.05, 0) is 24.3 Å². The minimum Gasteiger partial charge on any atom is -0.485 e. The molecule has 2 aromatic carbocycles. The third-order valence-electron chi connectivity index (χ3n) is 5.32. The molecule has 2 aliphatic rings. The summed E-state index contributed by atoms with van der Waals surface area (Å²) in [6.07, 6.45) is -0.647. The number of piperazine rings is 1. The molecule has 0 bridgehead atoms. The van der Waals surface area contributed by atoms with E-state index in [1.165, 1.54) is 11.8 Å². The van der Waals surface area contributed by atoms with Crippen LogP contribution in [0.15, 0.2) is 52.9 Å². The van der Waals surface area contributed by atoms with Gasteiger partial charge in [-0.3, -0.25) is 9.59 Å².